The molecule has 0 radical (unpaired) electrons. The number of benzene rings is 1. The van der Waals surface area contributed by atoms with Crippen LogP contribution in [0.15, 0.2) is 34.1 Å². The Morgan fingerprint density at radius 3 is 2.26 bits per heavy atom. The summed E-state index contributed by atoms with van der Waals surface area (Å²) in [6, 6.07) is 5.12. The number of hydrogen-bond acceptors (Lipinski definition) is 5. The number of nitrogens with one attached hydrogen (secondary N) is 1. The predicted molar refractivity (Wildman–Crippen MR) is 85.1 cm³/mol. The van der Waals surface area contributed by atoms with Crippen molar-refractivity contribution in [2.75, 3.05) is 25.9 Å². The van der Waals surface area contributed by atoms with E-state index in [9.17, 15) is 21.6 Å². The quantitative estimate of drug-likeness (QED) is 0.810. The van der Waals surface area contributed by atoms with Gasteiger partial charge in [0.1, 0.15) is 0 Å². The molecule has 9 heteroatoms. The van der Waals surface area contributed by atoms with Gasteiger partial charge in [0.2, 0.25) is 15.9 Å². The molecule has 1 fully saturated rings. The minimum Gasteiger partial charge on any atom is -0.356 e. The third kappa shape index (κ3) is 3.91. The van der Waals surface area contributed by atoms with E-state index in [0.717, 1.165) is 6.26 Å². The van der Waals surface area contributed by atoms with Crippen molar-refractivity contribution in [2.45, 2.75) is 23.1 Å². The largest absolute Gasteiger partial charge is 0.356 e. The first-order valence-corrected chi connectivity index (χ1v) is 10.6. The second-order valence-corrected chi connectivity index (χ2v) is 9.44. The highest BCUT2D eigenvalue weighted by molar-refractivity contribution is 7.90. The molecule has 1 saturated heterocycles. The maximum absolute atomic E-state index is 12.6. The highest BCUT2D eigenvalue weighted by Gasteiger charge is 2.35. The molecule has 0 aromatic heterocycles. The predicted octanol–water partition coefficient (Wildman–Crippen LogP) is 0.237. The van der Waals surface area contributed by atoms with Gasteiger partial charge in [-0.2, -0.15) is 4.31 Å². The molecular weight excluding hydrogens is 340 g/mol. The summed E-state index contributed by atoms with van der Waals surface area (Å²) in [5.74, 6) is -0.488. The molecule has 1 aromatic rings. The Balaban J connectivity index is 2.18. The van der Waals surface area contributed by atoms with Crippen LogP contribution in [0.5, 0.6) is 0 Å². The summed E-state index contributed by atoms with van der Waals surface area (Å²) in [5, 5.41) is 2.70. The van der Waals surface area contributed by atoms with Gasteiger partial charge < -0.3 is 5.32 Å². The number of hydrogen-bond donors (Lipinski definition) is 1. The maximum Gasteiger partial charge on any atom is 0.243 e. The van der Waals surface area contributed by atoms with Crippen LogP contribution in [-0.2, 0) is 24.7 Å². The molecule has 23 heavy (non-hydrogen) atoms. The Kier molecular flexibility index (Phi) is 5.12. The lowest BCUT2D eigenvalue weighted by atomic mass is 10.1. The molecule has 1 unspecified atom stereocenters. The summed E-state index contributed by atoms with van der Waals surface area (Å²) in [7, 11) is -7.10. The Morgan fingerprint density at radius 2 is 1.74 bits per heavy atom. The van der Waals surface area contributed by atoms with Crippen LogP contribution in [0, 0.1) is 5.92 Å². The average molecular weight is 360 g/mol. The van der Waals surface area contributed by atoms with Crippen molar-refractivity contribution in [3.8, 4) is 0 Å². The van der Waals surface area contributed by atoms with E-state index in [4.69, 9.17) is 0 Å². The summed E-state index contributed by atoms with van der Waals surface area (Å²) < 4.78 is 49.2. The van der Waals surface area contributed by atoms with Crippen molar-refractivity contribution < 1.29 is 21.6 Å². The van der Waals surface area contributed by atoms with Gasteiger partial charge in [-0.3, -0.25) is 4.79 Å². The maximum atomic E-state index is 12.6. The fraction of sp³-hybridized carbons (Fsp3) is 0.500. The molecule has 7 nitrogen and oxygen atoms in total. The van der Waals surface area contributed by atoms with Gasteiger partial charge in [0.15, 0.2) is 9.84 Å². The molecule has 1 aliphatic heterocycles. The van der Waals surface area contributed by atoms with Crippen molar-refractivity contribution in [3.05, 3.63) is 24.3 Å². The number of sulfone groups is 1. The van der Waals surface area contributed by atoms with Gasteiger partial charge in [-0.15, -0.1) is 0 Å². The normalized spacial score (nSPS) is 19.7. The lowest BCUT2D eigenvalue weighted by Gasteiger charge is -2.16. The fourth-order valence-corrected chi connectivity index (χ4v) is 4.62. The van der Waals surface area contributed by atoms with Crippen LogP contribution in [0.3, 0.4) is 0 Å². The van der Waals surface area contributed by atoms with Crippen molar-refractivity contribution in [3.63, 3.8) is 0 Å². The van der Waals surface area contributed by atoms with Crippen LogP contribution in [0.25, 0.3) is 0 Å². The number of carbonyl (C=O) groups is 1. The Bertz CT molecular complexity index is 785. The zero-order valence-electron chi connectivity index (χ0n) is 13.0. The second kappa shape index (κ2) is 6.58. The van der Waals surface area contributed by atoms with Crippen molar-refractivity contribution in [1.82, 2.24) is 9.62 Å². The molecule has 2 rings (SSSR count). The van der Waals surface area contributed by atoms with Gasteiger partial charge >= 0.3 is 0 Å². The molecule has 0 bridgehead atoms. The van der Waals surface area contributed by atoms with E-state index in [-0.39, 0.29) is 34.7 Å². The lowest BCUT2D eigenvalue weighted by Crippen LogP contribution is -2.34. The zero-order valence-corrected chi connectivity index (χ0v) is 14.7. The molecule has 0 spiro atoms. The van der Waals surface area contributed by atoms with Crippen molar-refractivity contribution in [2.24, 2.45) is 5.92 Å². The van der Waals surface area contributed by atoms with Gasteiger partial charge in [-0.25, -0.2) is 16.8 Å². The highest BCUT2D eigenvalue weighted by atomic mass is 32.2. The Hall–Kier alpha value is -1.45. The van der Waals surface area contributed by atoms with E-state index in [1.165, 1.54) is 28.6 Å². The first-order valence-electron chi connectivity index (χ1n) is 7.24. The van der Waals surface area contributed by atoms with E-state index in [1.807, 2.05) is 6.92 Å². The summed E-state index contributed by atoms with van der Waals surface area (Å²) in [6.07, 6.45) is 1.54. The van der Waals surface area contributed by atoms with Crippen LogP contribution in [0.4, 0.5) is 0 Å². The third-order valence-electron chi connectivity index (χ3n) is 3.76. The monoisotopic (exact) mass is 360 g/mol. The zero-order chi connectivity index (χ0) is 17.3. The molecule has 1 amide bonds. The molecule has 0 aliphatic carbocycles. The third-order valence-corrected chi connectivity index (χ3v) is 6.77. The molecule has 128 valence electrons. The van der Waals surface area contributed by atoms with Gasteiger partial charge in [-0.1, -0.05) is 0 Å². The summed E-state index contributed by atoms with van der Waals surface area (Å²) in [5.41, 5.74) is 0. The number of amides is 1. The molecule has 1 heterocycles. The fourth-order valence-electron chi connectivity index (χ4n) is 2.49. The van der Waals surface area contributed by atoms with E-state index in [0.29, 0.717) is 13.0 Å². The van der Waals surface area contributed by atoms with Crippen LogP contribution in [0.2, 0.25) is 0 Å². The average Bonchev–Trinajstić information content (AvgIpc) is 2.97. The van der Waals surface area contributed by atoms with E-state index in [1.54, 1.807) is 0 Å². The number of sulfonamides is 1. The van der Waals surface area contributed by atoms with Gasteiger partial charge in [0.25, 0.3) is 0 Å². The lowest BCUT2D eigenvalue weighted by molar-refractivity contribution is -0.124. The molecule has 1 atom stereocenters. The molecule has 1 aliphatic rings. The topological polar surface area (TPSA) is 101 Å². The second-order valence-electron chi connectivity index (χ2n) is 5.49. The van der Waals surface area contributed by atoms with Crippen molar-refractivity contribution in [1.29, 1.82) is 0 Å². The van der Waals surface area contributed by atoms with Crippen LogP contribution >= 0.6 is 0 Å². The smallest absolute Gasteiger partial charge is 0.243 e. The van der Waals surface area contributed by atoms with Crippen LogP contribution in [0.1, 0.15) is 13.3 Å². The molecule has 1 aromatic carbocycles. The van der Waals surface area contributed by atoms with Crippen LogP contribution in [-0.4, -0.2) is 52.9 Å². The van der Waals surface area contributed by atoms with Crippen LogP contribution < -0.4 is 5.32 Å². The molecular formula is C14H20N2O5S2. The van der Waals surface area contributed by atoms with E-state index < -0.39 is 19.9 Å². The number of carbonyl (C=O) groups excluding carboxylic acids is 1. The molecule has 1 N–H and O–H groups in total. The van der Waals surface area contributed by atoms with E-state index >= 15 is 0 Å². The molecule has 0 saturated carbocycles. The standard InChI is InChI=1S/C14H20N2O5S2/c1-3-15-14(17)11-8-9-16(10-11)23(20,21)13-6-4-12(5-7-13)22(2,18)19/h4-7,11H,3,8-10H2,1-2H3,(H,15,17). The van der Waals surface area contributed by atoms with Gasteiger partial charge in [0.05, 0.1) is 15.7 Å². The summed E-state index contributed by atoms with van der Waals surface area (Å²) >= 11 is 0. The van der Waals surface area contributed by atoms with Crippen molar-refractivity contribution >= 4 is 25.8 Å². The number of nitrogens with zero attached hydrogens (tertiary/aromatic N) is 1. The Labute approximate surface area is 136 Å². The Morgan fingerprint density at radius 1 is 1.17 bits per heavy atom. The highest BCUT2D eigenvalue weighted by Crippen LogP contribution is 2.25. The van der Waals surface area contributed by atoms with E-state index in [2.05, 4.69) is 5.32 Å². The SMILES string of the molecule is CCNC(=O)C1CCN(S(=O)(=O)c2ccc(S(C)(=O)=O)cc2)C1. The van der Waals surface area contributed by atoms with Gasteiger partial charge in [0, 0.05) is 25.9 Å². The minimum atomic E-state index is -3.72. The first-order chi connectivity index (χ1) is 10.7. The number of rotatable bonds is 5. The summed E-state index contributed by atoms with van der Waals surface area (Å²) in [4.78, 5) is 11.9. The van der Waals surface area contributed by atoms with Gasteiger partial charge in [-0.05, 0) is 37.6 Å². The minimum absolute atomic E-state index is 0.0291. The first kappa shape index (κ1) is 17.9. The summed E-state index contributed by atoms with van der Waals surface area (Å²) in [6.45, 7) is 2.74.